The fraction of sp³-hybridized carbons (Fsp3) is 0.133. The van der Waals surface area contributed by atoms with Crippen LogP contribution in [-0.4, -0.2) is 24.0 Å². The highest BCUT2D eigenvalue weighted by Gasteiger charge is 2.11. The van der Waals surface area contributed by atoms with E-state index in [1.807, 2.05) is 6.92 Å². The van der Waals surface area contributed by atoms with Crippen molar-refractivity contribution >= 4 is 17.6 Å². The Morgan fingerprint density at radius 3 is 2.65 bits per heavy atom. The van der Waals surface area contributed by atoms with Gasteiger partial charge in [0.1, 0.15) is 0 Å². The summed E-state index contributed by atoms with van der Waals surface area (Å²) < 4.78 is 4.63. The molecule has 20 heavy (non-hydrogen) atoms. The molecule has 0 fully saturated rings. The van der Waals surface area contributed by atoms with Gasteiger partial charge in [0.05, 0.1) is 12.7 Å². The lowest BCUT2D eigenvalue weighted by Crippen LogP contribution is -2.14. The summed E-state index contributed by atoms with van der Waals surface area (Å²) in [7, 11) is 1.30. The molecule has 2 rings (SSSR count). The number of esters is 1. The Kier molecular flexibility index (Phi) is 4.10. The highest BCUT2D eigenvalue weighted by Crippen LogP contribution is 2.14. The van der Waals surface area contributed by atoms with E-state index in [-0.39, 0.29) is 5.91 Å². The fourth-order valence-corrected chi connectivity index (χ4v) is 1.71. The van der Waals surface area contributed by atoms with Crippen molar-refractivity contribution < 1.29 is 14.3 Å². The summed E-state index contributed by atoms with van der Waals surface area (Å²) >= 11 is 0. The fourth-order valence-electron chi connectivity index (χ4n) is 1.71. The topological polar surface area (TPSA) is 68.3 Å². The van der Waals surface area contributed by atoms with Crippen LogP contribution in [0.3, 0.4) is 0 Å². The number of hydrogen-bond donors (Lipinski definition) is 1. The molecule has 1 aromatic heterocycles. The van der Waals surface area contributed by atoms with Crippen LogP contribution in [0.1, 0.15) is 26.3 Å². The van der Waals surface area contributed by atoms with Gasteiger partial charge in [0.15, 0.2) is 0 Å². The molecule has 1 amide bonds. The molecule has 0 bridgehead atoms. The van der Waals surface area contributed by atoms with E-state index in [9.17, 15) is 9.59 Å². The van der Waals surface area contributed by atoms with E-state index < -0.39 is 5.97 Å². The first kappa shape index (κ1) is 13.7. The highest BCUT2D eigenvalue weighted by molar-refractivity contribution is 6.05. The Balaban J connectivity index is 2.22. The number of pyridine rings is 1. The Bertz CT molecular complexity index is 653. The molecular weight excluding hydrogens is 256 g/mol. The molecule has 0 radical (unpaired) electrons. The first-order valence-electron chi connectivity index (χ1n) is 6.02. The van der Waals surface area contributed by atoms with Gasteiger partial charge in [0.25, 0.3) is 5.91 Å². The van der Waals surface area contributed by atoms with Crippen molar-refractivity contribution in [2.45, 2.75) is 6.92 Å². The van der Waals surface area contributed by atoms with E-state index in [1.165, 1.54) is 13.2 Å². The quantitative estimate of drug-likeness (QED) is 0.870. The largest absolute Gasteiger partial charge is 0.465 e. The zero-order valence-corrected chi connectivity index (χ0v) is 11.2. The van der Waals surface area contributed by atoms with Crippen molar-refractivity contribution in [1.82, 2.24) is 4.98 Å². The summed E-state index contributed by atoms with van der Waals surface area (Å²) in [6, 6.07) is 8.09. The van der Waals surface area contributed by atoms with E-state index in [4.69, 9.17) is 0 Å². The number of amides is 1. The highest BCUT2D eigenvalue weighted by atomic mass is 16.5. The third-order valence-electron chi connectivity index (χ3n) is 2.81. The summed E-state index contributed by atoms with van der Waals surface area (Å²) in [5.41, 5.74) is 2.29. The molecule has 5 nitrogen and oxygen atoms in total. The molecule has 102 valence electrons. The molecule has 1 aromatic carbocycles. The predicted molar refractivity (Wildman–Crippen MR) is 74.7 cm³/mol. The molecule has 0 saturated heterocycles. The van der Waals surface area contributed by atoms with Gasteiger partial charge in [0.2, 0.25) is 0 Å². The van der Waals surface area contributed by atoms with Crippen molar-refractivity contribution in [2.75, 3.05) is 12.4 Å². The SMILES string of the molecule is COC(=O)c1cccc(C(=O)Nc2ccncc2C)c1. The maximum Gasteiger partial charge on any atom is 0.337 e. The van der Waals surface area contributed by atoms with Crippen LogP contribution in [0, 0.1) is 6.92 Å². The summed E-state index contributed by atoms with van der Waals surface area (Å²) in [5.74, 6) is -0.759. The molecule has 1 N–H and O–H groups in total. The Morgan fingerprint density at radius 1 is 1.20 bits per heavy atom. The molecule has 0 aliphatic carbocycles. The van der Waals surface area contributed by atoms with E-state index in [2.05, 4.69) is 15.0 Å². The number of carbonyl (C=O) groups is 2. The van der Waals surface area contributed by atoms with Crippen LogP contribution in [0.4, 0.5) is 5.69 Å². The zero-order valence-electron chi connectivity index (χ0n) is 11.2. The van der Waals surface area contributed by atoms with Crippen molar-refractivity contribution in [2.24, 2.45) is 0 Å². The monoisotopic (exact) mass is 270 g/mol. The standard InChI is InChI=1S/C15H14N2O3/c1-10-9-16-7-6-13(10)17-14(18)11-4-3-5-12(8-11)15(19)20-2/h3-9H,1-2H3,(H,16,17,18). The second-order valence-electron chi connectivity index (χ2n) is 4.22. The van der Waals surface area contributed by atoms with E-state index in [0.29, 0.717) is 16.8 Å². The number of carbonyl (C=O) groups excluding carboxylic acids is 2. The molecule has 0 spiro atoms. The number of nitrogens with zero attached hydrogens (tertiary/aromatic N) is 1. The molecule has 2 aromatic rings. The molecule has 0 atom stereocenters. The maximum atomic E-state index is 12.1. The predicted octanol–water partition coefficient (Wildman–Crippen LogP) is 2.43. The number of rotatable bonds is 3. The second-order valence-corrected chi connectivity index (χ2v) is 4.22. The smallest absolute Gasteiger partial charge is 0.337 e. The van der Waals surface area contributed by atoms with Gasteiger partial charge in [-0.25, -0.2) is 4.79 Å². The number of aryl methyl sites for hydroxylation is 1. The molecule has 0 aliphatic heterocycles. The minimum absolute atomic E-state index is 0.287. The Labute approximate surface area is 116 Å². The Hall–Kier alpha value is -2.69. The second kappa shape index (κ2) is 5.97. The summed E-state index contributed by atoms with van der Waals surface area (Å²) in [5, 5.41) is 2.78. The molecule has 0 saturated carbocycles. The van der Waals surface area contributed by atoms with Crippen LogP contribution < -0.4 is 5.32 Å². The van der Waals surface area contributed by atoms with E-state index >= 15 is 0 Å². The number of benzene rings is 1. The third-order valence-corrected chi connectivity index (χ3v) is 2.81. The van der Waals surface area contributed by atoms with Gasteiger partial charge < -0.3 is 10.1 Å². The maximum absolute atomic E-state index is 12.1. The van der Waals surface area contributed by atoms with Crippen LogP contribution >= 0.6 is 0 Å². The number of aromatic nitrogens is 1. The van der Waals surface area contributed by atoms with Gasteiger partial charge >= 0.3 is 5.97 Å². The van der Waals surface area contributed by atoms with E-state index in [1.54, 1.807) is 36.7 Å². The summed E-state index contributed by atoms with van der Waals surface area (Å²) in [6.45, 7) is 1.85. The van der Waals surface area contributed by atoms with Gasteiger partial charge in [-0.2, -0.15) is 0 Å². The lowest BCUT2D eigenvalue weighted by Gasteiger charge is -2.08. The van der Waals surface area contributed by atoms with Crippen molar-refractivity contribution in [1.29, 1.82) is 0 Å². The van der Waals surface area contributed by atoms with Crippen LogP contribution in [0.25, 0.3) is 0 Å². The van der Waals surface area contributed by atoms with Crippen LogP contribution in [0.5, 0.6) is 0 Å². The van der Waals surface area contributed by atoms with Gasteiger partial charge in [-0.3, -0.25) is 9.78 Å². The number of hydrogen-bond acceptors (Lipinski definition) is 4. The average Bonchev–Trinajstić information content (AvgIpc) is 2.49. The Morgan fingerprint density at radius 2 is 1.95 bits per heavy atom. The van der Waals surface area contributed by atoms with Gasteiger partial charge in [-0.05, 0) is 36.8 Å². The molecule has 5 heteroatoms. The van der Waals surface area contributed by atoms with Crippen LogP contribution in [0.2, 0.25) is 0 Å². The molecule has 0 aliphatic rings. The minimum atomic E-state index is -0.472. The molecule has 1 heterocycles. The van der Waals surface area contributed by atoms with Gasteiger partial charge in [0, 0.05) is 23.6 Å². The number of ether oxygens (including phenoxy) is 1. The van der Waals surface area contributed by atoms with Crippen molar-refractivity contribution in [3.8, 4) is 0 Å². The van der Waals surface area contributed by atoms with Crippen molar-refractivity contribution in [3.63, 3.8) is 0 Å². The lowest BCUT2D eigenvalue weighted by molar-refractivity contribution is 0.0600. The first-order chi connectivity index (χ1) is 9.61. The lowest BCUT2D eigenvalue weighted by atomic mass is 10.1. The molecular formula is C15H14N2O3. The van der Waals surface area contributed by atoms with Crippen LogP contribution in [0.15, 0.2) is 42.7 Å². The minimum Gasteiger partial charge on any atom is -0.465 e. The van der Waals surface area contributed by atoms with Gasteiger partial charge in [-0.1, -0.05) is 6.07 Å². The van der Waals surface area contributed by atoms with E-state index in [0.717, 1.165) is 5.56 Å². The first-order valence-corrected chi connectivity index (χ1v) is 6.02. The third kappa shape index (κ3) is 3.00. The van der Waals surface area contributed by atoms with Gasteiger partial charge in [-0.15, -0.1) is 0 Å². The van der Waals surface area contributed by atoms with Crippen molar-refractivity contribution in [3.05, 3.63) is 59.4 Å². The summed E-state index contributed by atoms with van der Waals surface area (Å²) in [6.07, 6.45) is 3.27. The number of anilines is 1. The average molecular weight is 270 g/mol. The van der Waals surface area contributed by atoms with Crippen LogP contribution in [-0.2, 0) is 4.74 Å². The number of methoxy groups -OCH3 is 1. The zero-order chi connectivity index (χ0) is 14.5. The normalized spacial score (nSPS) is 9.90. The summed E-state index contributed by atoms with van der Waals surface area (Å²) in [4.78, 5) is 27.5. The number of nitrogens with one attached hydrogen (secondary N) is 1. The molecule has 0 unspecified atom stereocenters.